The number of nitrogens with zero attached hydrogens (tertiary/aromatic N) is 4. The molecule has 0 aliphatic carbocycles. The number of hydrogen-bond acceptors (Lipinski definition) is 8. The maximum atomic E-state index is 11.7. The van der Waals surface area contributed by atoms with Crippen molar-refractivity contribution in [2.24, 2.45) is 5.10 Å². The number of aromatic amines is 1. The minimum Gasteiger partial charge on any atom is -0.462 e. The summed E-state index contributed by atoms with van der Waals surface area (Å²) in [6.45, 7) is 3.25. The highest BCUT2D eigenvalue weighted by atomic mass is 35.5. The molecule has 3 aromatic rings. The van der Waals surface area contributed by atoms with Gasteiger partial charge in [0.05, 0.1) is 40.0 Å². The first-order chi connectivity index (χ1) is 14.3. The van der Waals surface area contributed by atoms with E-state index in [1.807, 2.05) is 0 Å². The lowest BCUT2D eigenvalue weighted by molar-refractivity contribution is -0.118. The number of H-pyrrole nitrogens is 1. The number of hydrogen-bond donors (Lipinski definition) is 2. The first kappa shape index (κ1) is 22.9. The zero-order chi connectivity index (χ0) is 22.1. The van der Waals surface area contributed by atoms with Crippen molar-refractivity contribution in [1.82, 2.24) is 25.6 Å². The van der Waals surface area contributed by atoms with Gasteiger partial charge in [0.2, 0.25) is 5.91 Å². The molecule has 3 heterocycles. The summed E-state index contributed by atoms with van der Waals surface area (Å²) in [7, 11) is 0. The second-order valence-corrected chi connectivity index (χ2v) is 6.33. The van der Waals surface area contributed by atoms with Gasteiger partial charge >= 0.3 is 5.97 Å². The van der Waals surface area contributed by atoms with Crippen LogP contribution in [0.3, 0.4) is 0 Å². The second-order valence-electron chi connectivity index (χ2n) is 5.52. The fraction of sp³-hybridized carbons (Fsp3) is 0.167. The molecule has 12 heteroatoms. The van der Waals surface area contributed by atoms with Crippen molar-refractivity contribution in [2.45, 2.75) is 13.8 Å². The summed E-state index contributed by atoms with van der Waals surface area (Å²) in [4.78, 5) is 41.2. The number of hydrazone groups is 1. The van der Waals surface area contributed by atoms with Gasteiger partial charge in [0.25, 0.3) is 5.56 Å². The molecule has 0 aliphatic heterocycles. The van der Waals surface area contributed by atoms with Crippen LogP contribution in [0.5, 0.6) is 0 Å². The zero-order valence-corrected chi connectivity index (χ0v) is 17.4. The fourth-order valence-electron chi connectivity index (χ4n) is 2.16. The number of amides is 1. The number of nitrogens with one attached hydrogen (secondary N) is 2. The van der Waals surface area contributed by atoms with Crippen LogP contribution in [0.4, 0.5) is 0 Å². The first-order valence-corrected chi connectivity index (χ1v) is 9.17. The number of halogens is 2. The molecule has 10 nitrogen and oxygen atoms in total. The lowest BCUT2D eigenvalue weighted by Crippen LogP contribution is -2.14. The lowest BCUT2D eigenvalue weighted by Gasteiger charge is -2.06. The van der Waals surface area contributed by atoms with Crippen LogP contribution < -0.4 is 11.0 Å². The van der Waals surface area contributed by atoms with Gasteiger partial charge in [0, 0.05) is 42.7 Å². The molecule has 3 rings (SSSR count). The van der Waals surface area contributed by atoms with E-state index in [-0.39, 0.29) is 28.7 Å². The van der Waals surface area contributed by atoms with Gasteiger partial charge in [-0.15, -0.1) is 0 Å². The third kappa shape index (κ3) is 6.06. The molecule has 0 unspecified atom stereocenters. The third-order valence-electron chi connectivity index (χ3n) is 3.36. The van der Waals surface area contributed by atoms with Crippen molar-refractivity contribution in [3.8, 4) is 0 Å². The molecule has 0 fully saturated rings. The van der Waals surface area contributed by atoms with Gasteiger partial charge in [0.1, 0.15) is 0 Å². The van der Waals surface area contributed by atoms with Crippen LogP contribution in [0.15, 0.2) is 40.9 Å². The number of pyridine rings is 2. The average molecular weight is 451 g/mol. The van der Waals surface area contributed by atoms with Crippen LogP contribution in [0.2, 0.25) is 10.0 Å². The predicted molar refractivity (Wildman–Crippen MR) is 112 cm³/mol. The molecule has 1 amide bonds. The molecule has 156 valence electrons. The van der Waals surface area contributed by atoms with Gasteiger partial charge in [-0.2, -0.15) is 10.2 Å². The van der Waals surface area contributed by atoms with Crippen LogP contribution in [-0.4, -0.2) is 44.9 Å². The van der Waals surface area contributed by atoms with Crippen LogP contribution >= 0.6 is 23.2 Å². The molecule has 3 aromatic heterocycles. The smallest absolute Gasteiger partial charge is 0.340 e. The minimum atomic E-state index is -0.561. The summed E-state index contributed by atoms with van der Waals surface area (Å²) in [5, 5.41) is 11.2. The molecule has 0 saturated heterocycles. The number of carbonyl (C=O) groups excluding carboxylic acids is 2. The molecule has 0 atom stereocenters. The maximum Gasteiger partial charge on any atom is 0.340 e. The molecule has 0 aromatic carbocycles. The van der Waals surface area contributed by atoms with E-state index in [2.05, 4.69) is 30.7 Å². The molecular formula is C18H16Cl2N6O4. The standard InChI is InChI=1S/C11H12ClN3O3.C7H4ClN3O/c1-3-18-11(17)10-8(4-13-6-9(10)12)5-14-15-7(2)16;8-5-3-9-1-4-2-10-11-7(12)6(4)5/h4-6H,3H2,1-2H3,(H,15,16);1-3H,(H,11,12). The average Bonchev–Trinajstić information content (AvgIpc) is 2.69. The number of esters is 1. The molecule has 0 radical (unpaired) electrons. The third-order valence-corrected chi connectivity index (χ3v) is 3.93. The molecule has 0 spiro atoms. The molecule has 0 saturated carbocycles. The van der Waals surface area contributed by atoms with E-state index < -0.39 is 5.97 Å². The van der Waals surface area contributed by atoms with E-state index in [0.717, 1.165) is 0 Å². The van der Waals surface area contributed by atoms with E-state index in [9.17, 15) is 14.4 Å². The van der Waals surface area contributed by atoms with Crippen LogP contribution in [0, 0.1) is 0 Å². The molecule has 2 N–H and O–H groups in total. The number of aromatic nitrogens is 4. The Balaban J connectivity index is 0.000000230. The number of ether oxygens (including phenoxy) is 1. The monoisotopic (exact) mass is 450 g/mol. The summed E-state index contributed by atoms with van der Waals surface area (Å²) >= 11 is 11.6. The molecule has 0 aliphatic rings. The van der Waals surface area contributed by atoms with Gasteiger partial charge < -0.3 is 4.74 Å². The molecular weight excluding hydrogens is 435 g/mol. The SMILES string of the molecule is CCOC(=O)c1c(Cl)cncc1C=NNC(C)=O.O=c1[nH]ncc2cncc(Cl)c12. The van der Waals surface area contributed by atoms with E-state index in [1.165, 1.54) is 37.9 Å². The summed E-state index contributed by atoms with van der Waals surface area (Å²) < 4.78 is 4.88. The van der Waals surface area contributed by atoms with Gasteiger partial charge in [-0.25, -0.2) is 15.3 Å². The van der Waals surface area contributed by atoms with Gasteiger partial charge in [0.15, 0.2) is 0 Å². The number of fused-ring (bicyclic) bond motifs is 1. The van der Waals surface area contributed by atoms with Crippen LogP contribution in [0.25, 0.3) is 10.8 Å². The number of carbonyl (C=O) groups is 2. The number of rotatable bonds is 4. The van der Waals surface area contributed by atoms with Crippen molar-refractivity contribution >= 4 is 52.1 Å². The van der Waals surface area contributed by atoms with Crippen molar-refractivity contribution in [2.75, 3.05) is 6.61 Å². The van der Waals surface area contributed by atoms with Gasteiger partial charge in [-0.1, -0.05) is 23.2 Å². The summed E-state index contributed by atoms with van der Waals surface area (Å²) in [6, 6.07) is 0. The van der Waals surface area contributed by atoms with Gasteiger partial charge in [-0.05, 0) is 6.92 Å². The quantitative estimate of drug-likeness (QED) is 0.353. The van der Waals surface area contributed by atoms with Crippen molar-refractivity contribution in [1.29, 1.82) is 0 Å². The minimum absolute atomic E-state index is 0.167. The Morgan fingerprint density at radius 2 is 1.87 bits per heavy atom. The Morgan fingerprint density at radius 3 is 2.53 bits per heavy atom. The predicted octanol–water partition coefficient (Wildman–Crippen LogP) is 2.35. The van der Waals surface area contributed by atoms with Crippen molar-refractivity contribution < 1.29 is 14.3 Å². The fourth-order valence-corrected chi connectivity index (χ4v) is 2.66. The summed E-state index contributed by atoms with van der Waals surface area (Å²) in [5.41, 5.74) is 2.47. The Labute approximate surface area is 180 Å². The highest BCUT2D eigenvalue weighted by Gasteiger charge is 2.16. The summed E-state index contributed by atoms with van der Waals surface area (Å²) in [6.07, 6.45) is 8.51. The second kappa shape index (κ2) is 11.0. The van der Waals surface area contributed by atoms with Crippen LogP contribution in [-0.2, 0) is 9.53 Å². The Bertz CT molecular complexity index is 1140. The van der Waals surface area contributed by atoms with E-state index in [4.69, 9.17) is 27.9 Å². The van der Waals surface area contributed by atoms with E-state index in [0.29, 0.717) is 21.4 Å². The first-order valence-electron chi connectivity index (χ1n) is 8.42. The highest BCUT2D eigenvalue weighted by molar-refractivity contribution is 6.35. The largest absolute Gasteiger partial charge is 0.462 e. The molecule has 30 heavy (non-hydrogen) atoms. The normalized spacial score (nSPS) is 10.4. The lowest BCUT2D eigenvalue weighted by atomic mass is 10.1. The Morgan fingerprint density at radius 1 is 1.17 bits per heavy atom. The highest BCUT2D eigenvalue weighted by Crippen LogP contribution is 2.18. The zero-order valence-electron chi connectivity index (χ0n) is 15.8. The topological polar surface area (TPSA) is 139 Å². The maximum absolute atomic E-state index is 11.7. The summed E-state index contributed by atoms with van der Waals surface area (Å²) in [5.74, 6) is -0.881. The Hall–Kier alpha value is -3.37. The van der Waals surface area contributed by atoms with Crippen molar-refractivity contribution in [3.05, 3.63) is 62.5 Å². The van der Waals surface area contributed by atoms with Crippen molar-refractivity contribution in [3.63, 3.8) is 0 Å². The Kier molecular flexibility index (Phi) is 8.39. The van der Waals surface area contributed by atoms with Gasteiger partial charge in [-0.3, -0.25) is 19.6 Å². The molecule has 0 bridgehead atoms. The van der Waals surface area contributed by atoms with E-state index >= 15 is 0 Å². The van der Waals surface area contributed by atoms with E-state index in [1.54, 1.807) is 13.1 Å². The van der Waals surface area contributed by atoms with Crippen LogP contribution in [0.1, 0.15) is 29.8 Å².